The van der Waals surface area contributed by atoms with Crippen LogP contribution in [0.3, 0.4) is 0 Å². The van der Waals surface area contributed by atoms with Crippen LogP contribution >= 0.6 is 15.9 Å². The van der Waals surface area contributed by atoms with Crippen molar-refractivity contribution in [2.45, 2.75) is 26.8 Å². The van der Waals surface area contributed by atoms with Gasteiger partial charge in [-0.15, -0.1) is 0 Å². The highest BCUT2D eigenvalue weighted by Gasteiger charge is 2.20. The average molecular weight is 446 g/mol. The number of nitrogens with zero attached hydrogens (tertiary/aromatic N) is 1. The third-order valence-electron chi connectivity index (χ3n) is 4.43. The lowest BCUT2D eigenvalue weighted by molar-refractivity contribution is -0.122. The van der Waals surface area contributed by atoms with Gasteiger partial charge in [-0.25, -0.2) is 0 Å². The van der Waals surface area contributed by atoms with Crippen LogP contribution in [0.2, 0.25) is 0 Å². The van der Waals surface area contributed by atoms with Crippen LogP contribution in [-0.4, -0.2) is 42.1 Å². The zero-order chi connectivity index (χ0) is 20.8. The lowest BCUT2D eigenvalue weighted by Gasteiger charge is -2.23. The fourth-order valence-corrected chi connectivity index (χ4v) is 3.06. The standard InChI is InChI=1S/C21H24BrN3O3/c1-13-10-17(22)8-9-19(13)24-20(27)12-25(4)14(2)21(28)23-18-7-5-6-16(11-18)15(3)26/h5-11,14H,12H2,1-4H3,(H,23,28)(H,24,27)/t14-/m1/s1. The van der Waals surface area contributed by atoms with Gasteiger partial charge in [-0.05, 0) is 63.7 Å². The normalized spacial score (nSPS) is 11.8. The van der Waals surface area contributed by atoms with E-state index in [0.717, 1.165) is 15.7 Å². The van der Waals surface area contributed by atoms with Crippen molar-refractivity contribution in [3.63, 3.8) is 0 Å². The van der Waals surface area contributed by atoms with Crippen LogP contribution in [-0.2, 0) is 9.59 Å². The van der Waals surface area contributed by atoms with E-state index in [-0.39, 0.29) is 24.1 Å². The summed E-state index contributed by atoms with van der Waals surface area (Å²) in [5.41, 5.74) is 2.76. The lowest BCUT2D eigenvalue weighted by Crippen LogP contribution is -2.43. The van der Waals surface area contributed by atoms with E-state index < -0.39 is 6.04 Å². The Morgan fingerprint density at radius 3 is 2.46 bits per heavy atom. The van der Waals surface area contributed by atoms with Crippen molar-refractivity contribution in [3.8, 4) is 0 Å². The number of hydrogen-bond acceptors (Lipinski definition) is 4. The maximum absolute atomic E-state index is 12.5. The summed E-state index contributed by atoms with van der Waals surface area (Å²) in [6, 6.07) is 11.8. The second kappa shape index (κ2) is 9.61. The van der Waals surface area contributed by atoms with Crippen LogP contribution in [0.5, 0.6) is 0 Å². The van der Waals surface area contributed by atoms with Crippen molar-refractivity contribution >= 4 is 44.9 Å². The third kappa shape index (κ3) is 6.00. The average Bonchev–Trinajstić information content (AvgIpc) is 2.63. The zero-order valence-corrected chi connectivity index (χ0v) is 18.0. The topological polar surface area (TPSA) is 78.5 Å². The molecule has 7 heteroatoms. The first-order valence-corrected chi connectivity index (χ1v) is 9.64. The van der Waals surface area contributed by atoms with E-state index >= 15 is 0 Å². The number of aryl methyl sites for hydroxylation is 1. The Morgan fingerprint density at radius 1 is 1.11 bits per heavy atom. The molecule has 0 heterocycles. The number of benzene rings is 2. The number of nitrogens with one attached hydrogen (secondary N) is 2. The Morgan fingerprint density at radius 2 is 1.82 bits per heavy atom. The molecule has 0 spiro atoms. The fraction of sp³-hybridized carbons (Fsp3) is 0.286. The fourth-order valence-electron chi connectivity index (χ4n) is 2.58. The molecule has 0 aliphatic heterocycles. The first-order valence-electron chi connectivity index (χ1n) is 8.85. The predicted octanol–water partition coefficient (Wildman–Crippen LogP) is 3.86. The van der Waals surface area contributed by atoms with Gasteiger partial charge in [0, 0.05) is 21.4 Å². The van der Waals surface area contributed by atoms with E-state index in [2.05, 4.69) is 26.6 Å². The third-order valence-corrected chi connectivity index (χ3v) is 4.93. The molecular weight excluding hydrogens is 422 g/mol. The van der Waals surface area contributed by atoms with Gasteiger partial charge in [-0.1, -0.05) is 28.1 Å². The molecule has 2 rings (SSSR count). The summed E-state index contributed by atoms with van der Waals surface area (Å²) in [7, 11) is 1.71. The number of Topliss-reactive ketones (excluding diaryl/α,β-unsaturated/α-hetero) is 1. The SMILES string of the molecule is CC(=O)c1cccc(NC(=O)[C@@H](C)N(C)CC(=O)Nc2ccc(Br)cc2C)c1. The van der Waals surface area contributed by atoms with Crippen LogP contribution in [0.4, 0.5) is 11.4 Å². The molecule has 0 aliphatic carbocycles. The summed E-state index contributed by atoms with van der Waals surface area (Å²) in [5.74, 6) is -0.525. The molecule has 0 fully saturated rings. The van der Waals surface area contributed by atoms with Crippen molar-refractivity contribution in [3.05, 3.63) is 58.1 Å². The van der Waals surface area contributed by atoms with E-state index in [0.29, 0.717) is 11.3 Å². The maximum Gasteiger partial charge on any atom is 0.241 e. The molecule has 2 aromatic rings. The highest BCUT2D eigenvalue weighted by atomic mass is 79.9. The Bertz CT molecular complexity index is 898. The molecule has 2 amide bonds. The monoisotopic (exact) mass is 445 g/mol. The van der Waals surface area contributed by atoms with E-state index in [4.69, 9.17) is 0 Å². The van der Waals surface area contributed by atoms with Crippen molar-refractivity contribution in [1.82, 2.24) is 4.90 Å². The predicted molar refractivity (Wildman–Crippen MR) is 115 cm³/mol. The van der Waals surface area contributed by atoms with Gasteiger partial charge >= 0.3 is 0 Å². The Kier molecular flexibility index (Phi) is 7.48. The lowest BCUT2D eigenvalue weighted by atomic mass is 10.1. The summed E-state index contributed by atoms with van der Waals surface area (Å²) in [4.78, 5) is 38.0. The Balaban J connectivity index is 1.94. The molecule has 0 unspecified atom stereocenters. The molecule has 6 nitrogen and oxygen atoms in total. The number of carbonyl (C=O) groups excluding carboxylic acids is 3. The summed E-state index contributed by atoms with van der Waals surface area (Å²) in [6.45, 7) is 5.18. The molecule has 0 aromatic heterocycles. The largest absolute Gasteiger partial charge is 0.325 e. The summed E-state index contributed by atoms with van der Waals surface area (Å²) >= 11 is 3.39. The van der Waals surface area contributed by atoms with Crippen molar-refractivity contribution in [1.29, 1.82) is 0 Å². The number of carbonyl (C=O) groups is 3. The molecule has 2 aromatic carbocycles. The first-order chi connectivity index (χ1) is 13.2. The minimum Gasteiger partial charge on any atom is -0.325 e. The highest BCUT2D eigenvalue weighted by molar-refractivity contribution is 9.10. The Hall–Kier alpha value is -2.51. The van der Waals surface area contributed by atoms with E-state index in [1.807, 2.05) is 25.1 Å². The molecule has 0 saturated carbocycles. The van der Waals surface area contributed by atoms with Crippen LogP contribution < -0.4 is 10.6 Å². The molecule has 28 heavy (non-hydrogen) atoms. The van der Waals surface area contributed by atoms with Gasteiger partial charge in [-0.2, -0.15) is 0 Å². The molecule has 0 saturated heterocycles. The maximum atomic E-state index is 12.5. The van der Waals surface area contributed by atoms with E-state index in [1.165, 1.54) is 6.92 Å². The molecule has 0 bridgehead atoms. The van der Waals surface area contributed by atoms with Gasteiger partial charge in [0.05, 0.1) is 12.6 Å². The van der Waals surface area contributed by atoms with Crippen molar-refractivity contribution < 1.29 is 14.4 Å². The van der Waals surface area contributed by atoms with Crippen LogP contribution in [0.25, 0.3) is 0 Å². The molecule has 0 radical (unpaired) electrons. The summed E-state index contributed by atoms with van der Waals surface area (Å²) in [6.07, 6.45) is 0. The molecule has 1 atom stereocenters. The highest BCUT2D eigenvalue weighted by Crippen LogP contribution is 2.20. The molecule has 148 valence electrons. The van der Waals surface area contributed by atoms with Crippen LogP contribution in [0, 0.1) is 6.92 Å². The first kappa shape index (κ1) is 21.8. The number of likely N-dealkylation sites (N-methyl/N-ethyl adjacent to an activating group) is 1. The van der Waals surface area contributed by atoms with Gasteiger partial charge in [0.2, 0.25) is 11.8 Å². The number of halogens is 1. The number of amides is 2. The molecule has 2 N–H and O–H groups in total. The Labute approximate surface area is 173 Å². The second-order valence-electron chi connectivity index (χ2n) is 6.72. The second-order valence-corrected chi connectivity index (χ2v) is 7.64. The minimum atomic E-state index is -0.530. The number of anilines is 2. The number of rotatable bonds is 7. The summed E-state index contributed by atoms with van der Waals surface area (Å²) in [5, 5.41) is 5.65. The molecular formula is C21H24BrN3O3. The zero-order valence-electron chi connectivity index (χ0n) is 16.4. The smallest absolute Gasteiger partial charge is 0.241 e. The van der Waals surface area contributed by atoms with E-state index in [9.17, 15) is 14.4 Å². The quantitative estimate of drug-likeness (QED) is 0.634. The summed E-state index contributed by atoms with van der Waals surface area (Å²) < 4.78 is 0.944. The van der Waals surface area contributed by atoms with Crippen molar-refractivity contribution in [2.24, 2.45) is 0 Å². The van der Waals surface area contributed by atoms with Gasteiger partial charge in [0.15, 0.2) is 5.78 Å². The van der Waals surface area contributed by atoms with E-state index in [1.54, 1.807) is 43.1 Å². The van der Waals surface area contributed by atoms with Gasteiger partial charge in [0.1, 0.15) is 0 Å². The van der Waals surface area contributed by atoms with Gasteiger partial charge in [-0.3, -0.25) is 19.3 Å². The molecule has 0 aliphatic rings. The van der Waals surface area contributed by atoms with Crippen LogP contribution in [0.15, 0.2) is 46.9 Å². The number of hydrogen-bond donors (Lipinski definition) is 2. The minimum absolute atomic E-state index is 0.0670. The van der Waals surface area contributed by atoms with Crippen molar-refractivity contribution in [2.75, 3.05) is 24.2 Å². The van der Waals surface area contributed by atoms with Crippen LogP contribution in [0.1, 0.15) is 29.8 Å². The van der Waals surface area contributed by atoms with Gasteiger partial charge < -0.3 is 10.6 Å². The number of ketones is 1. The van der Waals surface area contributed by atoms with Gasteiger partial charge in [0.25, 0.3) is 0 Å².